The molecule has 0 aliphatic heterocycles. The molecule has 3 atom stereocenters. The fraction of sp³-hybridized carbons (Fsp3) is 0.867. The first-order valence-electron chi connectivity index (χ1n) is 7.35. The molecule has 19 heavy (non-hydrogen) atoms. The van der Waals surface area contributed by atoms with Crippen molar-refractivity contribution in [2.75, 3.05) is 6.54 Å². The van der Waals surface area contributed by atoms with E-state index in [2.05, 4.69) is 11.9 Å². The Morgan fingerprint density at radius 1 is 1.32 bits per heavy atom. The van der Waals surface area contributed by atoms with E-state index in [0.717, 1.165) is 31.4 Å². The number of hydrogen-bond acceptors (Lipinski definition) is 1. The summed E-state index contributed by atoms with van der Waals surface area (Å²) in [5.74, 6) is -0.981. The summed E-state index contributed by atoms with van der Waals surface area (Å²) >= 11 is 0. The first-order valence-corrected chi connectivity index (χ1v) is 7.35. The number of alkyl halides is 3. The van der Waals surface area contributed by atoms with Gasteiger partial charge in [-0.05, 0) is 44.6 Å². The molecule has 1 N–H and O–H groups in total. The Hall–Kier alpha value is -0.510. The maximum Gasteiger partial charge on any atom is 0.391 e. The molecule has 1 rings (SSSR count). The van der Waals surface area contributed by atoms with Crippen molar-refractivity contribution in [3.63, 3.8) is 0 Å². The van der Waals surface area contributed by atoms with Crippen LogP contribution in [0.25, 0.3) is 0 Å². The minimum Gasteiger partial charge on any atom is -0.314 e. The standard InChI is InChI=1S/C15H26F3N/c1-4-11(3)9-14(19-5-2)12-7-6-8-13(10-12)15(16,17)18/h12-14,19H,3-10H2,1-2H3. The molecule has 4 heteroatoms. The molecule has 0 spiro atoms. The third-order valence-corrected chi connectivity index (χ3v) is 4.22. The van der Waals surface area contributed by atoms with E-state index in [1.165, 1.54) is 0 Å². The van der Waals surface area contributed by atoms with Crippen molar-refractivity contribution in [2.24, 2.45) is 11.8 Å². The molecule has 1 aliphatic rings. The quantitative estimate of drug-likeness (QED) is 0.694. The van der Waals surface area contributed by atoms with Gasteiger partial charge in [-0.25, -0.2) is 0 Å². The minimum atomic E-state index is -4.03. The van der Waals surface area contributed by atoms with Crippen molar-refractivity contribution in [3.05, 3.63) is 12.2 Å². The van der Waals surface area contributed by atoms with Gasteiger partial charge in [-0.15, -0.1) is 0 Å². The van der Waals surface area contributed by atoms with Crippen molar-refractivity contribution in [2.45, 2.75) is 64.6 Å². The van der Waals surface area contributed by atoms with Crippen LogP contribution in [0.15, 0.2) is 12.2 Å². The lowest BCUT2D eigenvalue weighted by atomic mass is 9.76. The second-order valence-corrected chi connectivity index (χ2v) is 5.64. The van der Waals surface area contributed by atoms with Crippen LogP contribution in [0.1, 0.15) is 52.4 Å². The molecule has 0 radical (unpaired) electrons. The van der Waals surface area contributed by atoms with Crippen LogP contribution in [0.3, 0.4) is 0 Å². The zero-order valence-electron chi connectivity index (χ0n) is 12.0. The number of nitrogens with one attached hydrogen (secondary N) is 1. The molecule has 112 valence electrons. The fourth-order valence-electron chi connectivity index (χ4n) is 3.01. The summed E-state index contributed by atoms with van der Waals surface area (Å²) in [6, 6.07) is 0.155. The number of hydrogen-bond donors (Lipinski definition) is 1. The molecule has 0 aromatic rings. The zero-order chi connectivity index (χ0) is 14.5. The van der Waals surface area contributed by atoms with Gasteiger partial charge in [-0.3, -0.25) is 0 Å². The third-order valence-electron chi connectivity index (χ3n) is 4.22. The summed E-state index contributed by atoms with van der Waals surface area (Å²) in [7, 11) is 0. The third kappa shape index (κ3) is 5.17. The average molecular weight is 277 g/mol. The summed E-state index contributed by atoms with van der Waals surface area (Å²) in [4.78, 5) is 0. The summed E-state index contributed by atoms with van der Waals surface area (Å²) in [6.45, 7) is 8.85. The van der Waals surface area contributed by atoms with Crippen molar-refractivity contribution in [1.29, 1.82) is 0 Å². The average Bonchev–Trinajstić information content (AvgIpc) is 2.37. The Labute approximate surface area is 114 Å². The van der Waals surface area contributed by atoms with E-state index in [1.54, 1.807) is 0 Å². The Balaban J connectivity index is 2.65. The van der Waals surface area contributed by atoms with Crippen LogP contribution in [-0.2, 0) is 0 Å². The van der Waals surface area contributed by atoms with Gasteiger partial charge in [-0.1, -0.05) is 32.4 Å². The monoisotopic (exact) mass is 277 g/mol. The minimum absolute atomic E-state index is 0.128. The van der Waals surface area contributed by atoms with Crippen LogP contribution >= 0.6 is 0 Å². The van der Waals surface area contributed by atoms with Gasteiger partial charge in [0.2, 0.25) is 0 Å². The maximum absolute atomic E-state index is 12.9. The van der Waals surface area contributed by atoms with Gasteiger partial charge in [0, 0.05) is 6.04 Å². The molecule has 1 nitrogen and oxygen atoms in total. The first kappa shape index (κ1) is 16.5. The Morgan fingerprint density at radius 3 is 2.53 bits per heavy atom. The van der Waals surface area contributed by atoms with Crippen molar-refractivity contribution in [1.82, 2.24) is 5.32 Å². The topological polar surface area (TPSA) is 12.0 Å². The highest BCUT2D eigenvalue weighted by atomic mass is 19.4. The molecule has 0 bridgehead atoms. The van der Waals surface area contributed by atoms with E-state index in [4.69, 9.17) is 0 Å². The van der Waals surface area contributed by atoms with Crippen molar-refractivity contribution < 1.29 is 13.2 Å². The van der Waals surface area contributed by atoms with E-state index in [-0.39, 0.29) is 18.4 Å². The Kier molecular flexibility index (Phi) is 6.37. The Bertz CT molecular complexity index is 286. The van der Waals surface area contributed by atoms with Crippen LogP contribution in [0.4, 0.5) is 13.2 Å². The molecular weight excluding hydrogens is 251 g/mol. The predicted molar refractivity (Wildman–Crippen MR) is 73.0 cm³/mol. The molecule has 1 aliphatic carbocycles. The lowest BCUT2D eigenvalue weighted by Gasteiger charge is -2.36. The smallest absolute Gasteiger partial charge is 0.314 e. The summed E-state index contributed by atoms with van der Waals surface area (Å²) < 4.78 is 38.6. The SMILES string of the molecule is C=C(CC)CC(NCC)C1CCCC(C(F)(F)F)C1. The van der Waals surface area contributed by atoms with Crippen molar-refractivity contribution in [3.8, 4) is 0 Å². The second-order valence-electron chi connectivity index (χ2n) is 5.64. The molecule has 0 amide bonds. The highest BCUT2D eigenvalue weighted by Gasteiger charge is 2.43. The maximum atomic E-state index is 12.9. The highest BCUT2D eigenvalue weighted by molar-refractivity contribution is 4.99. The van der Waals surface area contributed by atoms with Gasteiger partial charge in [-0.2, -0.15) is 13.2 Å². The van der Waals surface area contributed by atoms with E-state index in [9.17, 15) is 13.2 Å². The van der Waals surface area contributed by atoms with Gasteiger partial charge >= 0.3 is 6.18 Å². The predicted octanol–water partition coefficient (Wildman–Crippen LogP) is 4.69. The molecule has 0 heterocycles. The lowest BCUT2D eigenvalue weighted by Crippen LogP contribution is -2.41. The van der Waals surface area contributed by atoms with E-state index in [1.807, 2.05) is 13.8 Å². The van der Waals surface area contributed by atoms with Crippen LogP contribution < -0.4 is 5.32 Å². The van der Waals surface area contributed by atoms with Gasteiger partial charge < -0.3 is 5.32 Å². The zero-order valence-corrected chi connectivity index (χ0v) is 12.0. The van der Waals surface area contributed by atoms with E-state index < -0.39 is 12.1 Å². The molecule has 3 unspecified atom stereocenters. The normalized spacial score (nSPS) is 26.2. The van der Waals surface area contributed by atoms with Gasteiger partial charge in [0.05, 0.1) is 5.92 Å². The largest absolute Gasteiger partial charge is 0.391 e. The van der Waals surface area contributed by atoms with Crippen LogP contribution in [0.2, 0.25) is 0 Å². The molecule has 1 saturated carbocycles. The van der Waals surface area contributed by atoms with Crippen LogP contribution in [0.5, 0.6) is 0 Å². The molecular formula is C15H26F3N. The van der Waals surface area contributed by atoms with Gasteiger partial charge in [0.15, 0.2) is 0 Å². The summed E-state index contributed by atoms with van der Waals surface area (Å²) in [5, 5.41) is 3.36. The fourth-order valence-corrected chi connectivity index (χ4v) is 3.01. The molecule has 0 aromatic heterocycles. The number of halogens is 3. The lowest BCUT2D eigenvalue weighted by molar-refractivity contribution is -0.186. The van der Waals surface area contributed by atoms with Crippen molar-refractivity contribution >= 4 is 0 Å². The van der Waals surface area contributed by atoms with Gasteiger partial charge in [0.25, 0.3) is 0 Å². The first-order chi connectivity index (χ1) is 8.88. The second kappa shape index (κ2) is 7.32. The van der Waals surface area contributed by atoms with E-state index >= 15 is 0 Å². The van der Waals surface area contributed by atoms with Crippen LogP contribution in [0, 0.1) is 11.8 Å². The summed E-state index contributed by atoms with van der Waals surface area (Å²) in [5.41, 5.74) is 1.13. The van der Waals surface area contributed by atoms with E-state index in [0.29, 0.717) is 12.8 Å². The van der Waals surface area contributed by atoms with Crippen LogP contribution in [-0.4, -0.2) is 18.8 Å². The molecule has 0 aromatic carbocycles. The molecule has 1 fully saturated rings. The van der Waals surface area contributed by atoms with Gasteiger partial charge in [0.1, 0.15) is 0 Å². The molecule has 0 saturated heterocycles. The number of rotatable bonds is 6. The summed E-state index contributed by atoms with van der Waals surface area (Å²) in [6.07, 6.45) is -0.156. The Morgan fingerprint density at radius 2 is 2.00 bits per heavy atom. The highest BCUT2D eigenvalue weighted by Crippen LogP contribution is 2.41.